The van der Waals surface area contributed by atoms with Crippen molar-refractivity contribution >= 4 is 0 Å². The molecule has 1 aromatic rings. The van der Waals surface area contributed by atoms with Crippen LogP contribution in [0.25, 0.3) is 0 Å². The van der Waals surface area contributed by atoms with E-state index in [2.05, 4.69) is 19.2 Å². The highest BCUT2D eigenvalue weighted by Crippen LogP contribution is 2.16. The summed E-state index contributed by atoms with van der Waals surface area (Å²) in [5, 5.41) is 3.49. The fourth-order valence-electron chi connectivity index (χ4n) is 2.49. The van der Waals surface area contributed by atoms with Crippen molar-refractivity contribution in [3.63, 3.8) is 0 Å². The predicted octanol–water partition coefficient (Wildman–Crippen LogP) is 3.33. The summed E-state index contributed by atoms with van der Waals surface area (Å²) in [5.41, 5.74) is 2.25. The molecule has 108 valence electrons. The van der Waals surface area contributed by atoms with Gasteiger partial charge in [0.05, 0.1) is 0 Å². The zero-order chi connectivity index (χ0) is 14.3. The maximum atomic E-state index is 13.3. The molecule has 2 atom stereocenters. The van der Waals surface area contributed by atoms with Gasteiger partial charge >= 0.3 is 0 Å². The normalized spacial score (nSPS) is 14.4. The number of benzene rings is 1. The molecule has 2 unspecified atom stereocenters. The summed E-state index contributed by atoms with van der Waals surface area (Å²) in [6.07, 6.45) is 1.91. The standard InChI is InChI=1S/C16H26FNO/c1-5-18-16(8-12(2)11-19-4)10-14-9-15(17)7-6-13(14)3/h6-7,9,12,16,18H,5,8,10-11H2,1-4H3. The van der Waals surface area contributed by atoms with Gasteiger partial charge in [-0.3, -0.25) is 0 Å². The van der Waals surface area contributed by atoms with E-state index < -0.39 is 0 Å². The Morgan fingerprint density at radius 3 is 2.74 bits per heavy atom. The van der Waals surface area contributed by atoms with Crippen LogP contribution >= 0.6 is 0 Å². The first-order valence-electron chi connectivity index (χ1n) is 7.04. The molecule has 0 saturated heterocycles. The summed E-state index contributed by atoms with van der Waals surface area (Å²) in [4.78, 5) is 0. The molecule has 0 spiro atoms. The van der Waals surface area contributed by atoms with Crippen molar-refractivity contribution in [3.05, 3.63) is 35.1 Å². The van der Waals surface area contributed by atoms with Crippen molar-refractivity contribution in [2.45, 2.75) is 39.7 Å². The average Bonchev–Trinajstić information content (AvgIpc) is 2.34. The Bertz CT molecular complexity index is 381. The van der Waals surface area contributed by atoms with Crippen LogP contribution in [0.4, 0.5) is 4.39 Å². The Morgan fingerprint density at radius 2 is 2.11 bits per heavy atom. The second-order valence-electron chi connectivity index (χ2n) is 5.33. The second-order valence-corrected chi connectivity index (χ2v) is 5.33. The predicted molar refractivity (Wildman–Crippen MR) is 78.0 cm³/mol. The molecule has 0 aliphatic rings. The molecule has 0 bridgehead atoms. The van der Waals surface area contributed by atoms with Crippen LogP contribution in [0.5, 0.6) is 0 Å². The molecule has 0 aliphatic heterocycles. The van der Waals surface area contributed by atoms with Gasteiger partial charge in [-0.15, -0.1) is 0 Å². The number of rotatable bonds is 8. The van der Waals surface area contributed by atoms with E-state index in [9.17, 15) is 4.39 Å². The van der Waals surface area contributed by atoms with Crippen LogP contribution in [0.1, 0.15) is 31.4 Å². The fourth-order valence-corrected chi connectivity index (χ4v) is 2.49. The van der Waals surface area contributed by atoms with Crippen molar-refractivity contribution in [2.75, 3.05) is 20.3 Å². The minimum Gasteiger partial charge on any atom is -0.384 e. The molecule has 0 heterocycles. The molecular formula is C16H26FNO. The Kier molecular flexibility index (Phi) is 7.03. The molecule has 0 aromatic heterocycles. The van der Waals surface area contributed by atoms with Gasteiger partial charge in [0, 0.05) is 19.8 Å². The highest BCUT2D eigenvalue weighted by atomic mass is 19.1. The van der Waals surface area contributed by atoms with Gasteiger partial charge < -0.3 is 10.1 Å². The summed E-state index contributed by atoms with van der Waals surface area (Å²) in [6, 6.07) is 5.40. The van der Waals surface area contributed by atoms with Crippen LogP contribution in [0, 0.1) is 18.7 Å². The van der Waals surface area contributed by atoms with Crippen molar-refractivity contribution < 1.29 is 9.13 Å². The monoisotopic (exact) mass is 267 g/mol. The molecule has 0 amide bonds. The molecule has 0 radical (unpaired) electrons. The van der Waals surface area contributed by atoms with Crippen LogP contribution in [0.15, 0.2) is 18.2 Å². The summed E-state index contributed by atoms with van der Waals surface area (Å²) in [5.74, 6) is 0.351. The van der Waals surface area contributed by atoms with Crippen molar-refractivity contribution in [1.82, 2.24) is 5.32 Å². The van der Waals surface area contributed by atoms with Crippen LogP contribution < -0.4 is 5.32 Å². The third-order valence-corrected chi connectivity index (χ3v) is 3.41. The van der Waals surface area contributed by atoms with E-state index in [1.54, 1.807) is 13.2 Å². The first kappa shape index (κ1) is 16.1. The van der Waals surface area contributed by atoms with E-state index in [-0.39, 0.29) is 5.82 Å². The molecular weight excluding hydrogens is 241 g/mol. The minimum absolute atomic E-state index is 0.152. The maximum absolute atomic E-state index is 13.3. The van der Waals surface area contributed by atoms with Crippen LogP contribution in [-0.4, -0.2) is 26.3 Å². The lowest BCUT2D eigenvalue weighted by Crippen LogP contribution is -2.33. The van der Waals surface area contributed by atoms with Gasteiger partial charge in [0.25, 0.3) is 0 Å². The van der Waals surface area contributed by atoms with Crippen molar-refractivity contribution in [1.29, 1.82) is 0 Å². The zero-order valence-corrected chi connectivity index (χ0v) is 12.5. The molecule has 2 nitrogen and oxygen atoms in total. The van der Waals surface area contributed by atoms with E-state index >= 15 is 0 Å². The van der Waals surface area contributed by atoms with Crippen molar-refractivity contribution in [3.8, 4) is 0 Å². The van der Waals surface area contributed by atoms with E-state index in [0.717, 1.165) is 37.1 Å². The van der Waals surface area contributed by atoms with E-state index in [1.807, 2.05) is 13.0 Å². The molecule has 19 heavy (non-hydrogen) atoms. The summed E-state index contributed by atoms with van der Waals surface area (Å²) >= 11 is 0. The lowest BCUT2D eigenvalue weighted by atomic mass is 9.94. The number of halogens is 1. The minimum atomic E-state index is -0.152. The molecule has 0 fully saturated rings. The lowest BCUT2D eigenvalue weighted by Gasteiger charge is -2.22. The molecule has 1 rings (SSSR count). The highest BCUT2D eigenvalue weighted by Gasteiger charge is 2.14. The fraction of sp³-hybridized carbons (Fsp3) is 0.625. The SMILES string of the molecule is CCNC(Cc1cc(F)ccc1C)CC(C)COC. The lowest BCUT2D eigenvalue weighted by molar-refractivity contribution is 0.149. The van der Waals surface area contributed by atoms with E-state index in [0.29, 0.717) is 12.0 Å². The largest absolute Gasteiger partial charge is 0.384 e. The number of aryl methyl sites for hydroxylation is 1. The average molecular weight is 267 g/mol. The Morgan fingerprint density at radius 1 is 1.37 bits per heavy atom. The van der Waals surface area contributed by atoms with Crippen LogP contribution in [0.2, 0.25) is 0 Å². The molecule has 3 heteroatoms. The molecule has 0 saturated carbocycles. The number of methoxy groups -OCH3 is 1. The first-order valence-corrected chi connectivity index (χ1v) is 7.04. The maximum Gasteiger partial charge on any atom is 0.123 e. The molecule has 1 N–H and O–H groups in total. The number of likely N-dealkylation sites (N-methyl/N-ethyl adjacent to an activating group) is 1. The zero-order valence-electron chi connectivity index (χ0n) is 12.5. The smallest absolute Gasteiger partial charge is 0.123 e. The van der Waals surface area contributed by atoms with Crippen molar-refractivity contribution in [2.24, 2.45) is 5.92 Å². The third-order valence-electron chi connectivity index (χ3n) is 3.41. The Hall–Kier alpha value is -0.930. The van der Waals surface area contributed by atoms with E-state index in [4.69, 9.17) is 4.74 Å². The first-order chi connectivity index (χ1) is 9.06. The highest BCUT2D eigenvalue weighted by molar-refractivity contribution is 5.27. The van der Waals surface area contributed by atoms with Gasteiger partial charge in [0.15, 0.2) is 0 Å². The van der Waals surface area contributed by atoms with Crippen LogP contribution in [-0.2, 0) is 11.2 Å². The van der Waals surface area contributed by atoms with Gasteiger partial charge in [-0.25, -0.2) is 4.39 Å². The number of nitrogens with one attached hydrogen (secondary N) is 1. The van der Waals surface area contributed by atoms with Crippen LogP contribution in [0.3, 0.4) is 0 Å². The summed E-state index contributed by atoms with van der Waals surface area (Å²) in [7, 11) is 1.73. The molecule has 0 aliphatic carbocycles. The summed E-state index contributed by atoms with van der Waals surface area (Å²) in [6.45, 7) is 8.03. The van der Waals surface area contributed by atoms with Gasteiger partial charge in [-0.1, -0.05) is 19.9 Å². The number of hydrogen-bond donors (Lipinski definition) is 1. The van der Waals surface area contributed by atoms with Gasteiger partial charge in [0.2, 0.25) is 0 Å². The third kappa shape index (κ3) is 5.70. The number of ether oxygens (including phenoxy) is 1. The number of hydrogen-bond acceptors (Lipinski definition) is 2. The second kappa shape index (κ2) is 8.28. The Balaban J connectivity index is 2.69. The van der Waals surface area contributed by atoms with Gasteiger partial charge in [-0.2, -0.15) is 0 Å². The van der Waals surface area contributed by atoms with Gasteiger partial charge in [-0.05, 0) is 55.5 Å². The quantitative estimate of drug-likeness (QED) is 0.780. The Labute approximate surface area is 116 Å². The molecule has 1 aromatic carbocycles. The van der Waals surface area contributed by atoms with E-state index in [1.165, 1.54) is 6.07 Å². The topological polar surface area (TPSA) is 21.3 Å². The van der Waals surface area contributed by atoms with Gasteiger partial charge in [0.1, 0.15) is 5.82 Å². The summed E-state index contributed by atoms with van der Waals surface area (Å²) < 4.78 is 18.5.